The maximum Gasteiger partial charge on any atom is 0.234 e. The van der Waals surface area contributed by atoms with Crippen LogP contribution in [-0.4, -0.2) is 41.1 Å². The SMILES string of the molecule is N#Cc1nccc(N2CCC(C3CCN(c4ncc(C#N)s4)CC3)CC2)n1. The molecule has 2 aromatic rings. The number of nitrogens with zero attached hydrogens (tertiary/aromatic N) is 7. The topological polar surface area (TPSA) is 92.7 Å². The maximum absolute atomic E-state index is 8.97. The molecule has 8 heteroatoms. The highest BCUT2D eigenvalue weighted by Gasteiger charge is 2.30. The molecule has 0 aromatic carbocycles. The van der Waals surface area contributed by atoms with Crippen LogP contribution in [0.15, 0.2) is 18.5 Å². The van der Waals surface area contributed by atoms with Crippen molar-refractivity contribution in [1.82, 2.24) is 15.0 Å². The van der Waals surface area contributed by atoms with Gasteiger partial charge in [0.1, 0.15) is 22.8 Å². The summed E-state index contributed by atoms with van der Waals surface area (Å²) in [5.74, 6) is 2.63. The summed E-state index contributed by atoms with van der Waals surface area (Å²) < 4.78 is 0. The lowest BCUT2D eigenvalue weighted by Gasteiger charge is -2.40. The molecular formula is C19H21N7S. The van der Waals surface area contributed by atoms with Crippen molar-refractivity contribution >= 4 is 22.3 Å². The van der Waals surface area contributed by atoms with Gasteiger partial charge in [0.15, 0.2) is 5.13 Å². The van der Waals surface area contributed by atoms with Crippen molar-refractivity contribution in [2.75, 3.05) is 36.0 Å². The second kappa shape index (κ2) is 7.89. The number of rotatable bonds is 3. The van der Waals surface area contributed by atoms with Crippen LogP contribution in [0.1, 0.15) is 36.4 Å². The molecule has 4 heterocycles. The van der Waals surface area contributed by atoms with Crippen molar-refractivity contribution in [3.05, 3.63) is 29.2 Å². The summed E-state index contributed by atoms with van der Waals surface area (Å²) in [4.78, 5) is 17.9. The first-order valence-corrected chi connectivity index (χ1v) is 10.2. The van der Waals surface area contributed by atoms with Gasteiger partial charge in [-0.25, -0.2) is 15.0 Å². The van der Waals surface area contributed by atoms with Crippen molar-refractivity contribution in [3.63, 3.8) is 0 Å². The summed E-state index contributed by atoms with van der Waals surface area (Å²) in [6, 6.07) is 6.08. The van der Waals surface area contributed by atoms with Crippen molar-refractivity contribution < 1.29 is 0 Å². The van der Waals surface area contributed by atoms with Gasteiger partial charge < -0.3 is 9.80 Å². The minimum absolute atomic E-state index is 0.240. The Balaban J connectivity index is 1.29. The monoisotopic (exact) mass is 379 g/mol. The Morgan fingerprint density at radius 1 is 0.926 bits per heavy atom. The van der Waals surface area contributed by atoms with E-state index < -0.39 is 0 Å². The second-order valence-electron chi connectivity index (χ2n) is 7.12. The Kier molecular flexibility index (Phi) is 5.17. The molecule has 0 unspecified atom stereocenters. The van der Waals surface area contributed by atoms with Gasteiger partial charge in [0.2, 0.25) is 5.82 Å². The van der Waals surface area contributed by atoms with Crippen molar-refractivity contribution in [1.29, 1.82) is 10.5 Å². The van der Waals surface area contributed by atoms with E-state index in [0.717, 1.165) is 49.0 Å². The summed E-state index contributed by atoms with van der Waals surface area (Å²) in [5.41, 5.74) is 0. The van der Waals surface area contributed by atoms with Gasteiger partial charge in [0, 0.05) is 32.4 Å². The Bertz CT molecular complexity index is 865. The molecule has 0 N–H and O–H groups in total. The van der Waals surface area contributed by atoms with Crippen LogP contribution in [-0.2, 0) is 0 Å². The van der Waals surface area contributed by atoms with Crippen molar-refractivity contribution in [2.45, 2.75) is 25.7 Å². The quantitative estimate of drug-likeness (QED) is 0.809. The van der Waals surface area contributed by atoms with E-state index in [0.29, 0.717) is 4.88 Å². The zero-order chi connectivity index (χ0) is 18.6. The molecule has 2 fully saturated rings. The van der Waals surface area contributed by atoms with E-state index in [1.807, 2.05) is 12.1 Å². The molecule has 27 heavy (non-hydrogen) atoms. The second-order valence-corrected chi connectivity index (χ2v) is 8.13. The Hall–Kier alpha value is -2.71. The third kappa shape index (κ3) is 3.86. The minimum Gasteiger partial charge on any atom is -0.356 e. The predicted molar refractivity (Wildman–Crippen MR) is 103 cm³/mol. The number of hydrogen-bond acceptors (Lipinski definition) is 8. The van der Waals surface area contributed by atoms with Crippen LogP contribution in [0, 0.1) is 34.5 Å². The van der Waals surface area contributed by atoms with E-state index in [1.165, 1.54) is 37.0 Å². The molecule has 2 aliphatic heterocycles. The molecule has 4 rings (SSSR count). The molecule has 0 spiro atoms. The third-order valence-corrected chi connectivity index (χ3v) is 6.65. The van der Waals surface area contributed by atoms with Gasteiger partial charge in [-0.2, -0.15) is 10.5 Å². The molecular weight excluding hydrogens is 358 g/mol. The van der Waals surface area contributed by atoms with E-state index in [4.69, 9.17) is 10.5 Å². The number of anilines is 2. The summed E-state index contributed by atoms with van der Waals surface area (Å²) >= 11 is 1.49. The first kappa shape index (κ1) is 17.7. The molecule has 0 radical (unpaired) electrons. The normalized spacial score (nSPS) is 18.9. The Morgan fingerprint density at radius 2 is 1.59 bits per heavy atom. The Labute approximate surface area is 162 Å². The standard InChI is InChI=1S/C19H21N7S/c20-11-16-13-23-19(27-16)26-9-4-15(5-10-26)14-2-7-25(8-3-14)18-1-6-22-17(12-21)24-18/h1,6,13-15H,2-5,7-10H2. The lowest BCUT2D eigenvalue weighted by atomic mass is 9.79. The van der Waals surface area contributed by atoms with Crippen LogP contribution in [0.3, 0.4) is 0 Å². The average molecular weight is 379 g/mol. The van der Waals surface area contributed by atoms with Crippen LogP contribution in [0.2, 0.25) is 0 Å². The van der Waals surface area contributed by atoms with Gasteiger partial charge >= 0.3 is 0 Å². The number of aromatic nitrogens is 3. The van der Waals surface area contributed by atoms with Crippen LogP contribution in [0.25, 0.3) is 0 Å². The highest BCUT2D eigenvalue weighted by atomic mass is 32.1. The molecule has 2 aliphatic rings. The summed E-state index contributed by atoms with van der Waals surface area (Å²) in [6.45, 7) is 4.04. The van der Waals surface area contributed by atoms with Gasteiger partial charge in [-0.1, -0.05) is 11.3 Å². The number of piperidine rings is 2. The van der Waals surface area contributed by atoms with E-state index >= 15 is 0 Å². The Morgan fingerprint density at radius 3 is 2.19 bits per heavy atom. The van der Waals surface area contributed by atoms with Crippen LogP contribution in [0.5, 0.6) is 0 Å². The highest BCUT2D eigenvalue weighted by Crippen LogP contribution is 2.35. The summed E-state index contributed by atoms with van der Waals surface area (Å²) in [5, 5.41) is 18.9. The molecule has 138 valence electrons. The van der Waals surface area contributed by atoms with Gasteiger partial charge in [-0.05, 0) is 43.6 Å². The van der Waals surface area contributed by atoms with Gasteiger partial charge in [0.25, 0.3) is 0 Å². The summed E-state index contributed by atoms with van der Waals surface area (Å²) in [7, 11) is 0. The average Bonchev–Trinajstić information content (AvgIpc) is 3.23. The molecule has 0 saturated carbocycles. The largest absolute Gasteiger partial charge is 0.356 e. The molecule has 0 aliphatic carbocycles. The van der Waals surface area contributed by atoms with Crippen LogP contribution in [0.4, 0.5) is 10.9 Å². The zero-order valence-electron chi connectivity index (χ0n) is 15.1. The van der Waals surface area contributed by atoms with E-state index in [-0.39, 0.29) is 5.82 Å². The van der Waals surface area contributed by atoms with Crippen LogP contribution < -0.4 is 9.80 Å². The molecule has 0 amide bonds. The molecule has 0 atom stereocenters. The lowest BCUT2D eigenvalue weighted by molar-refractivity contribution is 0.232. The van der Waals surface area contributed by atoms with Gasteiger partial charge in [-0.15, -0.1) is 0 Å². The van der Waals surface area contributed by atoms with E-state index in [2.05, 4.69) is 30.8 Å². The maximum atomic E-state index is 8.97. The number of thiazole rings is 1. The fourth-order valence-corrected chi connectivity index (χ4v) is 4.97. The predicted octanol–water partition coefficient (Wildman–Crippen LogP) is 2.81. The number of nitriles is 2. The molecule has 2 aromatic heterocycles. The molecule has 7 nitrogen and oxygen atoms in total. The summed E-state index contributed by atoms with van der Waals surface area (Å²) in [6.07, 6.45) is 8.07. The lowest BCUT2D eigenvalue weighted by Crippen LogP contribution is -2.41. The third-order valence-electron chi connectivity index (χ3n) is 5.68. The van der Waals surface area contributed by atoms with E-state index in [9.17, 15) is 0 Å². The minimum atomic E-state index is 0.240. The van der Waals surface area contributed by atoms with Crippen molar-refractivity contribution in [3.8, 4) is 12.1 Å². The van der Waals surface area contributed by atoms with Gasteiger partial charge in [-0.3, -0.25) is 0 Å². The first-order chi connectivity index (χ1) is 13.3. The molecule has 2 saturated heterocycles. The van der Waals surface area contributed by atoms with Crippen molar-refractivity contribution in [2.24, 2.45) is 11.8 Å². The first-order valence-electron chi connectivity index (χ1n) is 9.36. The highest BCUT2D eigenvalue weighted by molar-refractivity contribution is 7.16. The van der Waals surface area contributed by atoms with Gasteiger partial charge in [0.05, 0.1) is 6.20 Å². The van der Waals surface area contributed by atoms with Crippen LogP contribution >= 0.6 is 11.3 Å². The fourth-order valence-electron chi connectivity index (χ4n) is 4.20. The number of hydrogen-bond donors (Lipinski definition) is 0. The smallest absolute Gasteiger partial charge is 0.234 e. The molecule has 0 bridgehead atoms. The zero-order valence-corrected chi connectivity index (χ0v) is 15.9. The van der Waals surface area contributed by atoms with E-state index in [1.54, 1.807) is 12.4 Å². The fraction of sp³-hybridized carbons (Fsp3) is 0.526.